The maximum atomic E-state index is 13.4. The predicted molar refractivity (Wildman–Crippen MR) is 166 cm³/mol. The molecule has 0 aliphatic rings. The summed E-state index contributed by atoms with van der Waals surface area (Å²) < 4.78 is 5.74. The van der Waals surface area contributed by atoms with Crippen LogP contribution in [0.1, 0.15) is 81.5 Å². The van der Waals surface area contributed by atoms with Crippen molar-refractivity contribution in [1.29, 1.82) is 0 Å². The van der Waals surface area contributed by atoms with Crippen LogP contribution < -0.4 is 10.6 Å². The third-order valence-corrected chi connectivity index (χ3v) is 7.76. The van der Waals surface area contributed by atoms with Crippen LogP contribution in [0.2, 0.25) is 0 Å². The summed E-state index contributed by atoms with van der Waals surface area (Å²) in [7, 11) is 0. The largest absolute Gasteiger partial charge is 0.481 e. The molecule has 3 aromatic rings. The first-order chi connectivity index (χ1) is 21.1. The molecule has 236 valence electrons. The van der Waals surface area contributed by atoms with E-state index in [1.807, 2.05) is 37.3 Å². The van der Waals surface area contributed by atoms with Gasteiger partial charge in [0.15, 0.2) is 5.76 Å². The number of unbranched alkanes of at least 4 members (excludes halogenated alkanes) is 2. The Labute approximate surface area is 258 Å². The van der Waals surface area contributed by atoms with Gasteiger partial charge in [0.2, 0.25) is 12.3 Å². The Hall–Kier alpha value is -4.44. The van der Waals surface area contributed by atoms with Gasteiger partial charge in [-0.05, 0) is 49.9 Å². The number of carboxylic acid groups (broad SMARTS) is 1. The summed E-state index contributed by atoms with van der Waals surface area (Å²) in [5.74, 6) is -1.73. The summed E-state index contributed by atoms with van der Waals surface area (Å²) in [5.41, 5.74) is 1.21. The highest BCUT2D eigenvalue weighted by Gasteiger charge is 2.32. The second-order valence-corrected chi connectivity index (χ2v) is 11.2. The first kappa shape index (κ1) is 34.1. The molecule has 0 radical (unpaired) electrons. The summed E-state index contributed by atoms with van der Waals surface area (Å²) in [6.45, 7) is 7.32. The molecule has 0 aliphatic heterocycles. The average Bonchev–Trinajstić information content (AvgIpc) is 3.53. The molecule has 1 aromatic heterocycles. The molecule has 2 aromatic carbocycles. The van der Waals surface area contributed by atoms with Gasteiger partial charge in [0.1, 0.15) is 12.4 Å². The Balaban J connectivity index is 1.61. The molecule has 3 N–H and O–H groups in total. The number of nitrogens with one attached hydrogen (secondary N) is 2. The standard InChI is InChI=1S/C34H43N3O7/c1-5-7-9-14-27(28(6-2)37(23-38)43-21-24-12-10-8-11-13-24)31(39)35-22-36-32(40)30-20-19-29(44-30)25-15-17-26(18-16-25)34(3,4)33(41)42/h8,10-13,15-20,23,27-28H,5-7,9,14,21-22H2,1-4H3,(H,35,39)(H,36,40)(H,41,42). The molecular formula is C34H43N3O7. The van der Waals surface area contributed by atoms with Gasteiger partial charge in [0, 0.05) is 5.56 Å². The van der Waals surface area contributed by atoms with Gasteiger partial charge in [-0.1, -0.05) is 87.7 Å². The van der Waals surface area contributed by atoms with Crippen LogP contribution in [0.3, 0.4) is 0 Å². The zero-order valence-electron chi connectivity index (χ0n) is 25.9. The van der Waals surface area contributed by atoms with Crippen molar-refractivity contribution in [2.24, 2.45) is 5.92 Å². The van der Waals surface area contributed by atoms with Crippen LogP contribution in [-0.2, 0) is 31.2 Å². The van der Waals surface area contributed by atoms with Crippen LogP contribution in [0.15, 0.2) is 71.1 Å². The quantitative estimate of drug-likeness (QED) is 0.0734. The zero-order chi connectivity index (χ0) is 32.1. The molecule has 3 amide bonds. The van der Waals surface area contributed by atoms with E-state index in [1.165, 1.54) is 11.1 Å². The van der Waals surface area contributed by atoms with Crippen LogP contribution >= 0.6 is 0 Å². The molecule has 10 heteroatoms. The first-order valence-electron chi connectivity index (χ1n) is 15.0. The van der Waals surface area contributed by atoms with E-state index in [1.54, 1.807) is 44.2 Å². The highest BCUT2D eigenvalue weighted by molar-refractivity contribution is 5.92. The lowest BCUT2D eigenvalue weighted by Gasteiger charge is -2.32. The number of carboxylic acids is 1. The predicted octanol–water partition coefficient (Wildman–Crippen LogP) is 5.68. The molecule has 1 heterocycles. The monoisotopic (exact) mass is 605 g/mol. The molecule has 0 saturated carbocycles. The normalized spacial score (nSPS) is 12.6. The van der Waals surface area contributed by atoms with Gasteiger partial charge in [-0.2, -0.15) is 0 Å². The lowest BCUT2D eigenvalue weighted by Crippen LogP contribution is -2.48. The number of hydroxylamine groups is 2. The number of furan rings is 1. The van der Waals surface area contributed by atoms with Gasteiger partial charge >= 0.3 is 5.97 Å². The van der Waals surface area contributed by atoms with Crippen LogP contribution in [0.25, 0.3) is 11.3 Å². The number of amides is 3. The van der Waals surface area contributed by atoms with Gasteiger partial charge in [-0.25, -0.2) is 5.06 Å². The van der Waals surface area contributed by atoms with Gasteiger partial charge in [-0.15, -0.1) is 0 Å². The summed E-state index contributed by atoms with van der Waals surface area (Å²) in [4.78, 5) is 55.5. The average molecular weight is 606 g/mol. The van der Waals surface area contributed by atoms with Gasteiger partial charge < -0.3 is 20.2 Å². The molecule has 10 nitrogen and oxygen atoms in total. The Morgan fingerprint density at radius 2 is 1.68 bits per heavy atom. The molecule has 3 rings (SSSR count). The second kappa shape index (κ2) is 16.4. The van der Waals surface area contributed by atoms with E-state index < -0.39 is 29.3 Å². The number of hydrogen-bond donors (Lipinski definition) is 3. The minimum Gasteiger partial charge on any atom is -0.481 e. The molecule has 0 fully saturated rings. The van der Waals surface area contributed by atoms with E-state index in [9.17, 15) is 24.3 Å². The minimum absolute atomic E-state index is 0.0663. The molecular weight excluding hydrogens is 562 g/mol. The Kier molecular flexibility index (Phi) is 12.7. The van der Waals surface area contributed by atoms with E-state index in [-0.39, 0.29) is 24.9 Å². The second-order valence-electron chi connectivity index (χ2n) is 11.2. The zero-order valence-corrected chi connectivity index (χ0v) is 25.9. The van der Waals surface area contributed by atoms with Crippen molar-refractivity contribution in [3.05, 3.63) is 83.6 Å². The number of rotatable bonds is 18. The molecule has 0 spiro atoms. The van der Waals surface area contributed by atoms with Crippen LogP contribution in [0.5, 0.6) is 0 Å². The van der Waals surface area contributed by atoms with Crippen molar-refractivity contribution < 1.29 is 33.5 Å². The molecule has 2 atom stereocenters. The molecule has 44 heavy (non-hydrogen) atoms. The molecule has 2 unspecified atom stereocenters. The van der Waals surface area contributed by atoms with Crippen molar-refractivity contribution in [2.45, 2.75) is 77.9 Å². The van der Waals surface area contributed by atoms with E-state index in [4.69, 9.17) is 9.25 Å². The summed E-state index contributed by atoms with van der Waals surface area (Å²) in [6.07, 6.45) is 4.44. The fourth-order valence-corrected chi connectivity index (χ4v) is 4.90. The van der Waals surface area contributed by atoms with Gasteiger partial charge in [0.05, 0.1) is 24.0 Å². The Bertz CT molecular complexity index is 1370. The number of nitrogens with zero attached hydrogens (tertiary/aromatic N) is 1. The summed E-state index contributed by atoms with van der Waals surface area (Å²) in [5, 5.41) is 16.1. The topological polar surface area (TPSA) is 138 Å². The minimum atomic E-state index is -1.04. The van der Waals surface area contributed by atoms with Crippen molar-refractivity contribution in [2.75, 3.05) is 6.67 Å². The summed E-state index contributed by atoms with van der Waals surface area (Å²) in [6, 6.07) is 19.1. The van der Waals surface area contributed by atoms with Crippen molar-refractivity contribution >= 4 is 24.2 Å². The lowest BCUT2D eigenvalue weighted by atomic mass is 9.84. The first-order valence-corrected chi connectivity index (χ1v) is 15.0. The number of carbonyl (C=O) groups excluding carboxylic acids is 3. The SMILES string of the molecule is CCCCCC(C(=O)NCNC(=O)c1ccc(-c2ccc(C(C)(C)C(=O)O)cc2)o1)C(CC)N(C=O)OCc1ccccc1. The lowest BCUT2D eigenvalue weighted by molar-refractivity contribution is -0.200. The van der Waals surface area contributed by atoms with Gasteiger partial charge in [-0.3, -0.25) is 24.0 Å². The Morgan fingerprint density at radius 3 is 2.30 bits per heavy atom. The van der Waals surface area contributed by atoms with E-state index in [0.29, 0.717) is 36.1 Å². The third-order valence-electron chi connectivity index (χ3n) is 7.76. The summed E-state index contributed by atoms with van der Waals surface area (Å²) >= 11 is 0. The fourth-order valence-electron chi connectivity index (χ4n) is 4.90. The van der Waals surface area contributed by atoms with E-state index in [0.717, 1.165) is 24.8 Å². The molecule has 0 aliphatic carbocycles. The number of hydrogen-bond acceptors (Lipinski definition) is 6. The molecule has 0 bridgehead atoms. The smallest absolute Gasteiger partial charge is 0.313 e. The number of carbonyl (C=O) groups is 4. The van der Waals surface area contributed by atoms with Crippen LogP contribution in [0.4, 0.5) is 0 Å². The third kappa shape index (κ3) is 9.03. The highest BCUT2D eigenvalue weighted by atomic mass is 16.7. The van der Waals surface area contributed by atoms with E-state index in [2.05, 4.69) is 17.6 Å². The number of aliphatic carboxylic acids is 1. The maximum absolute atomic E-state index is 13.4. The van der Waals surface area contributed by atoms with Gasteiger partial charge in [0.25, 0.3) is 5.91 Å². The van der Waals surface area contributed by atoms with Crippen LogP contribution in [0, 0.1) is 5.92 Å². The van der Waals surface area contributed by atoms with E-state index >= 15 is 0 Å². The Morgan fingerprint density at radius 1 is 0.977 bits per heavy atom. The highest BCUT2D eigenvalue weighted by Crippen LogP contribution is 2.28. The maximum Gasteiger partial charge on any atom is 0.313 e. The van der Waals surface area contributed by atoms with Crippen molar-refractivity contribution in [3.8, 4) is 11.3 Å². The number of benzene rings is 2. The van der Waals surface area contributed by atoms with Crippen LogP contribution in [-0.4, -0.2) is 47.1 Å². The van der Waals surface area contributed by atoms with Crippen molar-refractivity contribution in [3.63, 3.8) is 0 Å². The fraction of sp³-hybridized carbons (Fsp3) is 0.412. The van der Waals surface area contributed by atoms with Crippen molar-refractivity contribution in [1.82, 2.24) is 15.7 Å². The molecule has 0 saturated heterocycles.